The lowest BCUT2D eigenvalue weighted by Crippen LogP contribution is -2.16. The fraction of sp³-hybridized carbons (Fsp3) is 0.286. The van der Waals surface area contributed by atoms with Gasteiger partial charge < -0.3 is 11.1 Å². The van der Waals surface area contributed by atoms with Gasteiger partial charge in [-0.15, -0.1) is 0 Å². The van der Waals surface area contributed by atoms with Gasteiger partial charge in [0.2, 0.25) is 5.95 Å². The van der Waals surface area contributed by atoms with Gasteiger partial charge in [0.15, 0.2) is 0 Å². The van der Waals surface area contributed by atoms with Crippen LogP contribution in [0.15, 0.2) is 36.4 Å². The number of para-hydroxylation sites is 1. The van der Waals surface area contributed by atoms with Crippen molar-refractivity contribution in [3.05, 3.63) is 42.1 Å². The molecule has 0 unspecified atom stereocenters. The predicted octanol–water partition coefficient (Wildman–Crippen LogP) is 3.10. The molecule has 0 saturated carbocycles. The zero-order valence-electron chi connectivity index (χ0n) is 10.9. The fourth-order valence-electron chi connectivity index (χ4n) is 1.56. The van der Waals surface area contributed by atoms with E-state index in [2.05, 4.69) is 36.1 Å². The number of benzene rings is 1. The third kappa shape index (κ3) is 2.97. The van der Waals surface area contributed by atoms with E-state index in [0.29, 0.717) is 11.8 Å². The largest absolute Gasteiger partial charge is 0.384 e. The minimum Gasteiger partial charge on any atom is -0.384 e. The molecule has 0 spiro atoms. The van der Waals surface area contributed by atoms with E-state index >= 15 is 0 Å². The SMILES string of the molecule is CC(C)(C)c1cc(N)nc(Nc2ccccc2)n1. The van der Waals surface area contributed by atoms with Crippen LogP contribution in [0.25, 0.3) is 0 Å². The van der Waals surface area contributed by atoms with E-state index in [0.717, 1.165) is 11.4 Å². The van der Waals surface area contributed by atoms with Crippen LogP contribution in [0.1, 0.15) is 26.5 Å². The van der Waals surface area contributed by atoms with Crippen LogP contribution >= 0.6 is 0 Å². The maximum absolute atomic E-state index is 5.82. The van der Waals surface area contributed by atoms with E-state index in [-0.39, 0.29) is 5.41 Å². The molecule has 0 aliphatic heterocycles. The molecule has 4 nitrogen and oxygen atoms in total. The number of nitrogens with two attached hydrogens (primary N) is 1. The summed E-state index contributed by atoms with van der Waals surface area (Å²) in [6.45, 7) is 6.29. The summed E-state index contributed by atoms with van der Waals surface area (Å²) in [7, 11) is 0. The molecule has 0 amide bonds. The number of aromatic nitrogens is 2. The van der Waals surface area contributed by atoms with Gasteiger partial charge in [0.25, 0.3) is 0 Å². The van der Waals surface area contributed by atoms with Crippen LogP contribution in [0.5, 0.6) is 0 Å². The Morgan fingerprint density at radius 1 is 1.06 bits per heavy atom. The van der Waals surface area contributed by atoms with E-state index < -0.39 is 0 Å². The highest BCUT2D eigenvalue weighted by atomic mass is 15.1. The monoisotopic (exact) mass is 242 g/mol. The van der Waals surface area contributed by atoms with Crippen molar-refractivity contribution in [3.63, 3.8) is 0 Å². The molecule has 0 bridgehead atoms. The zero-order valence-corrected chi connectivity index (χ0v) is 10.9. The molecule has 0 radical (unpaired) electrons. The smallest absolute Gasteiger partial charge is 0.229 e. The lowest BCUT2D eigenvalue weighted by molar-refractivity contribution is 0.568. The fourth-order valence-corrected chi connectivity index (χ4v) is 1.56. The summed E-state index contributed by atoms with van der Waals surface area (Å²) in [5.41, 5.74) is 7.64. The average Bonchev–Trinajstić information content (AvgIpc) is 2.28. The van der Waals surface area contributed by atoms with Gasteiger partial charge in [-0.3, -0.25) is 0 Å². The van der Waals surface area contributed by atoms with Gasteiger partial charge in [0, 0.05) is 17.2 Å². The summed E-state index contributed by atoms with van der Waals surface area (Å²) < 4.78 is 0. The Balaban J connectivity index is 2.32. The Labute approximate surface area is 107 Å². The zero-order chi connectivity index (χ0) is 13.2. The topological polar surface area (TPSA) is 63.8 Å². The van der Waals surface area contributed by atoms with Crippen LogP contribution in [-0.4, -0.2) is 9.97 Å². The third-order valence-corrected chi connectivity index (χ3v) is 2.54. The Morgan fingerprint density at radius 2 is 1.72 bits per heavy atom. The van der Waals surface area contributed by atoms with Crippen molar-refractivity contribution in [3.8, 4) is 0 Å². The summed E-state index contributed by atoms with van der Waals surface area (Å²) >= 11 is 0. The van der Waals surface area contributed by atoms with Crippen LogP contribution in [0.3, 0.4) is 0 Å². The van der Waals surface area contributed by atoms with Crippen molar-refractivity contribution in [2.75, 3.05) is 11.1 Å². The van der Waals surface area contributed by atoms with Gasteiger partial charge in [0.05, 0.1) is 5.69 Å². The van der Waals surface area contributed by atoms with E-state index in [1.165, 1.54) is 0 Å². The Kier molecular flexibility index (Phi) is 3.19. The van der Waals surface area contributed by atoms with Gasteiger partial charge in [-0.05, 0) is 12.1 Å². The summed E-state index contributed by atoms with van der Waals surface area (Å²) in [6, 6.07) is 11.6. The molecule has 3 N–H and O–H groups in total. The van der Waals surface area contributed by atoms with Crippen molar-refractivity contribution in [2.45, 2.75) is 26.2 Å². The second kappa shape index (κ2) is 4.64. The summed E-state index contributed by atoms with van der Waals surface area (Å²) in [5, 5.41) is 3.16. The summed E-state index contributed by atoms with van der Waals surface area (Å²) in [5.74, 6) is 1.01. The first-order valence-corrected chi connectivity index (χ1v) is 5.92. The molecule has 2 rings (SSSR count). The number of nitrogens with zero attached hydrogens (tertiary/aromatic N) is 2. The van der Waals surface area contributed by atoms with Gasteiger partial charge in [0.1, 0.15) is 5.82 Å². The maximum Gasteiger partial charge on any atom is 0.229 e. The predicted molar refractivity (Wildman–Crippen MR) is 74.9 cm³/mol. The molecule has 0 aliphatic rings. The van der Waals surface area contributed by atoms with E-state index in [1.54, 1.807) is 0 Å². The molecule has 2 aromatic rings. The lowest BCUT2D eigenvalue weighted by atomic mass is 9.92. The van der Waals surface area contributed by atoms with Crippen LogP contribution in [-0.2, 0) is 5.41 Å². The molecule has 1 aromatic heterocycles. The van der Waals surface area contributed by atoms with Crippen LogP contribution in [0.4, 0.5) is 17.5 Å². The van der Waals surface area contributed by atoms with E-state index in [9.17, 15) is 0 Å². The lowest BCUT2D eigenvalue weighted by Gasteiger charge is -2.18. The van der Waals surface area contributed by atoms with E-state index in [1.807, 2.05) is 36.4 Å². The maximum atomic E-state index is 5.82. The molecule has 94 valence electrons. The highest BCUT2D eigenvalue weighted by molar-refractivity contribution is 5.54. The quantitative estimate of drug-likeness (QED) is 0.849. The van der Waals surface area contributed by atoms with Crippen LogP contribution in [0.2, 0.25) is 0 Å². The summed E-state index contributed by atoms with van der Waals surface area (Å²) in [6.07, 6.45) is 0. The van der Waals surface area contributed by atoms with Crippen LogP contribution in [0, 0.1) is 0 Å². The number of nitrogen functional groups attached to an aromatic ring is 1. The molecular weight excluding hydrogens is 224 g/mol. The standard InChI is InChI=1S/C14H18N4/c1-14(2,3)11-9-12(15)18-13(17-11)16-10-7-5-4-6-8-10/h4-9H,1-3H3,(H3,15,16,17,18). The third-order valence-electron chi connectivity index (χ3n) is 2.54. The number of hydrogen-bond acceptors (Lipinski definition) is 4. The first-order chi connectivity index (χ1) is 8.45. The van der Waals surface area contributed by atoms with Gasteiger partial charge >= 0.3 is 0 Å². The molecule has 0 aliphatic carbocycles. The molecule has 0 atom stereocenters. The normalized spacial score (nSPS) is 11.3. The van der Waals surface area contributed by atoms with Crippen molar-refractivity contribution in [1.82, 2.24) is 9.97 Å². The second-order valence-electron chi connectivity index (χ2n) is 5.24. The van der Waals surface area contributed by atoms with Gasteiger partial charge in [-0.2, -0.15) is 4.98 Å². The van der Waals surface area contributed by atoms with Gasteiger partial charge in [-0.1, -0.05) is 39.0 Å². The first kappa shape index (κ1) is 12.4. The molecule has 18 heavy (non-hydrogen) atoms. The molecule has 0 saturated heterocycles. The first-order valence-electron chi connectivity index (χ1n) is 5.92. The number of rotatable bonds is 2. The Bertz CT molecular complexity index is 529. The number of nitrogens with one attached hydrogen (secondary N) is 1. The molecule has 1 aromatic carbocycles. The second-order valence-corrected chi connectivity index (χ2v) is 5.24. The van der Waals surface area contributed by atoms with E-state index in [4.69, 9.17) is 5.73 Å². The summed E-state index contributed by atoms with van der Waals surface area (Å²) in [4.78, 5) is 8.70. The highest BCUT2D eigenvalue weighted by Gasteiger charge is 2.17. The van der Waals surface area contributed by atoms with Crippen molar-refractivity contribution >= 4 is 17.5 Å². The number of hydrogen-bond donors (Lipinski definition) is 2. The minimum atomic E-state index is -0.0514. The molecule has 4 heteroatoms. The van der Waals surface area contributed by atoms with Crippen LogP contribution < -0.4 is 11.1 Å². The molecule has 0 fully saturated rings. The number of anilines is 3. The Morgan fingerprint density at radius 3 is 2.33 bits per heavy atom. The van der Waals surface area contributed by atoms with Gasteiger partial charge in [-0.25, -0.2) is 4.98 Å². The highest BCUT2D eigenvalue weighted by Crippen LogP contribution is 2.23. The van der Waals surface area contributed by atoms with Crippen molar-refractivity contribution in [2.24, 2.45) is 0 Å². The molecule has 1 heterocycles. The van der Waals surface area contributed by atoms with Crippen molar-refractivity contribution in [1.29, 1.82) is 0 Å². The average molecular weight is 242 g/mol. The van der Waals surface area contributed by atoms with Crippen molar-refractivity contribution < 1.29 is 0 Å². The minimum absolute atomic E-state index is 0.0514. The Hall–Kier alpha value is -2.10. The molecular formula is C14H18N4.